The maximum absolute atomic E-state index is 9.99. The van der Waals surface area contributed by atoms with Crippen LogP contribution in [0.25, 0.3) is 10.9 Å². The molecular weight excluding hydrogens is 460 g/mol. The summed E-state index contributed by atoms with van der Waals surface area (Å²) in [6, 6.07) is 10.5. The maximum atomic E-state index is 9.99. The third-order valence-electron chi connectivity index (χ3n) is 7.93. The number of rotatable bonds is 7. The number of aromatic nitrogens is 6. The van der Waals surface area contributed by atoms with Gasteiger partial charge in [0.1, 0.15) is 18.2 Å². The van der Waals surface area contributed by atoms with Crippen molar-refractivity contribution in [3.8, 4) is 6.07 Å². The fraction of sp³-hybridized carbons (Fsp3) is 0.448. The Hall–Kier alpha value is -3.86. The summed E-state index contributed by atoms with van der Waals surface area (Å²) in [7, 11) is 0. The molecule has 0 radical (unpaired) electrons. The number of hydrogen-bond donors (Lipinski definition) is 1. The average molecular weight is 493 g/mol. The molecule has 4 aromatic rings. The Morgan fingerprint density at radius 2 is 2.00 bits per heavy atom. The molecule has 37 heavy (non-hydrogen) atoms. The fourth-order valence-electron chi connectivity index (χ4n) is 5.78. The summed E-state index contributed by atoms with van der Waals surface area (Å²) in [5.74, 6) is 1.59. The van der Waals surface area contributed by atoms with Gasteiger partial charge in [-0.15, -0.1) is 5.10 Å². The van der Waals surface area contributed by atoms with Gasteiger partial charge in [0.2, 0.25) is 0 Å². The summed E-state index contributed by atoms with van der Waals surface area (Å²) in [4.78, 5) is 13.5. The number of nitriles is 1. The van der Waals surface area contributed by atoms with E-state index in [2.05, 4.69) is 80.4 Å². The molecule has 0 aliphatic heterocycles. The van der Waals surface area contributed by atoms with Gasteiger partial charge in [-0.05, 0) is 73.3 Å². The molecule has 7 rings (SSSR count). The van der Waals surface area contributed by atoms with Crippen LogP contribution in [0.5, 0.6) is 0 Å². The molecule has 0 saturated heterocycles. The van der Waals surface area contributed by atoms with Crippen molar-refractivity contribution in [3.63, 3.8) is 0 Å². The number of aryl methyl sites for hydroxylation is 1. The van der Waals surface area contributed by atoms with Gasteiger partial charge in [-0.3, -0.25) is 4.98 Å². The summed E-state index contributed by atoms with van der Waals surface area (Å²) < 4.78 is 2.10. The molecule has 3 aliphatic carbocycles. The first-order valence-corrected chi connectivity index (χ1v) is 13.0. The Labute approximate surface area is 217 Å². The van der Waals surface area contributed by atoms with E-state index in [-0.39, 0.29) is 16.9 Å². The normalized spacial score (nSPS) is 21.1. The molecule has 0 unspecified atom stereocenters. The maximum Gasteiger partial charge on any atom is 0.137 e. The molecule has 0 spiro atoms. The highest BCUT2D eigenvalue weighted by Crippen LogP contribution is 2.62. The lowest BCUT2D eigenvalue weighted by molar-refractivity contribution is -0.0989. The predicted molar refractivity (Wildman–Crippen MR) is 142 cm³/mol. The van der Waals surface area contributed by atoms with E-state index in [4.69, 9.17) is 0 Å². The van der Waals surface area contributed by atoms with Crippen LogP contribution in [0, 0.1) is 29.6 Å². The smallest absolute Gasteiger partial charge is 0.137 e. The second-order valence-electron chi connectivity index (χ2n) is 12.0. The van der Waals surface area contributed by atoms with E-state index in [0.717, 1.165) is 46.2 Å². The Kier molecular flexibility index (Phi) is 5.48. The average Bonchev–Trinajstić information content (AvgIpc) is 3.28. The van der Waals surface area contributed by atoms with Crippen molar-refractivity contribution in [1.29, 1.82) is 5.26 Å². The monoisotopic (exact) mass is 492 g/mol. The molecule has 3 heterocycles. The van der Waals surface area contributed by atoms with Crippen LogP contribution in [0.4, 0.5) is 5.82 Å². The minimum Gasteiger partial charge on any atom is -0.369 e. The summed E-state index contributed by atoms with van der Waals surface area (Å²) in [5, 5.41) is 23.6. The molecule has 1 atom stereocenters. The number of fused-ring (bicyclic) bond motifs is 1. The molecular formula is C29H32N8. The van der Waals surface area contributed by atoms with E-state index in [9.17, 15) is 5.26 Å². The van der Waals surface area contributed by atoms with Crippen LogP contribution in [-0.2, 0) is 12.0 Å². The Morgan fingerprint density at radius 1 is 1.19 bits per heavy atom. The first-order valence-electron chi connectivity index (χ1n) is 13.0. The third-order valence-corrected chi connectivity index (χ3v) is 7.93. The number of pyridine rings is 1. The van der Waals surface area contributed by atoms with Gasteiger partial charge in [-0.25, -0.2) is 14.6 Å². The van der Waals surface area contributed by atoms with Crippen LogP contribution >= 0.6 is 0 Å². The van der Waals surface area contributed by atoms with E-state index in [1.54, 1.807) is 0 Å². The third kappa shape index (κ3) is 4.22. The molecule has 1 aromatic carbocycles. The van der Waals surface area contributed by atoms with Gasteiger partial charge in [-0.2, -0.15) is 5.26 Å². The molecule has 8 nitrogen and oxygen atoms in total. The zero-order chi connectivity index (χ0) is 25.8. The van der Waals surface area contributed by atoms with Crippen LogP contribution < -0.4 is 5.32 Å². The lowest BCUT2D eigenvalue weighted by Gasteiger charge is -2.61. The van der Waals surface area contributed by atoms with Crippen LogP contribution in [0.3, 0.4) is 0 Å². The molecule has 0 amide bonds. The zero-order valence-electron chi connectivity index (χ0n) is 21.9. The van der Waals surface area contributed by atoms with Crippen molar-refractivity contribution in [2.24, 2.45) is 11.3 Å². The summed E-state index contributed by atoms with van der Waals surface area (Å²) in [5.41, 5.74) is 5.56. The lowest BCUT2D eigenvalue weighted by Crippen LogP contribution is -2.59. The van der Waals surface area contributed by atoms with Crippen LogP contribution in [-0.4, -0.2) is 36.5 Å². The van der Waals surface area contributed by atoms with E-state index < -0.39 is 0 Å². The number of nitrogens with one attached hydrogen (secondary N) is 1. The second kappa shape index (κ2) is 8.62. The van der Waals surface area contributed by atoms with Crippen molar-refractivity contribution >= 4 is 16.7 Å². The number of anilines is 1. The second-order valence-corrected chi connectivity index (χ2v) is 12.0. The minimum absolute atomic E-state index is 0.0330. The molecule has 3 aromatic heterocycles. The summed E-state index contributed by atoms with van der Waals surface area (Å²) >= 11 is 0. The van der Waals surface area contributed by atoms with Gasteiger partial charge in [0.25, 0.3) is 0 Å². The molecule has 2 bridgehead atoms. The quantitative estimate of drug-likeness (QED) is 0.381. The Bertz CT molecular complexity index is 1510. The molecule has 3 fully saturated rings. The van der Waals surface area contributed by atoms with Gasteiger partial charge in [-0.1, -0.05) is 32.1 Å². The van der Waals surface area contributed by atoms with Crippen molar-refractivity contribution in [2.75, 3.05) is 11.9 Å². The fourth-order valence-corrected chi connectivity index (χ4v) is 5.78. The molecule has 3 aliphatic rings. The molecule has 188 valence electrons. The zero-order valence-corrected chi connectivity index (χ0v) is 21.9. The molecule has 3 saturated carbocycles. The van der Waals surface area contributed by atoms with Crippen molar-refractivity contribution < 1.29 is 0 Å². The first-order chi connectivity index (χ1) is 17.7. The number of nitrogens with zero attached hydrogens (tertiary/aromatic N) is 7. The standard InChI is InChI=1S/C29H32N8/c1-18-22(6-5-7-31-18)23(25-15-37(36-35-25)29-11-20(12-29)13-29)9-19-8-21(14-30)26-24(10-19)27(34-17-33-26)32-16-28(2,3)4/h5-8,10,15,17,20,23H,9,11-13,16H2,1-4H3,(H,32,33,34)/t20?,23-,29?/m1/s1. The SMILES string of the molecule is Cc1ncccc1[C@@H](Cc1cc(C#N)c2ncnc(NCC(C)(C)C)c2c1)c1cn(C23CC(C2)C3)nn1. The highest BCUT2D eigenvalue weighted by molar-refractivity contribution is 5.93. The molecule has 1 N–H and O–H groups in total. The molecule has 8 heteroatoms. The summed E-state index contributed by atoms with van der Waals surface area (Å²) in [6.45, 7) is 9.33. The topological polar surface area (TPSA) is 105 Å². The van der Waals surface area contributed by atoms with Crippen LogP contribution in [0.2, 0.25) is 0 Å². The highest BCUT2D eigenvalue weighted by Gasteiger charge is 2.58. The highest BCUT2D eigenvalue weighted by atomic mass is 15.5. The van der Waals surface area contributed by atoms with E-state index in [1.165, 1.54) is 25.6 Å². The van der Waals surface area contributed by atoms with Gasteiger partial charge < -0.3 is 5.32 Å². The largest absolute Gasteiger partial charge is 0.369 e. The van der Waals surface area contributed by atoms with Gasteiger partial charge in [0.15, 0.2) is 0 Å². The summed E-state index contributed by atoms with van der Waals surface area (Å²) in [6.07, 6.45) is 9.80. The van der Waals surface area contributed by atoms with Crippen molar-refractivity contribution in [3.05, 3.63) is 71.1 Å². The lowest BCUT2D eigenvalue weighted by atomic mass is 9.50. The first kappa shape index (κ1) is 23.5. The predicted octanol–water partition coefficient (Wildman–Crippen LogP) is 5.14. The Morgan fingerprint density at radius 3 is 2.68 bits per heavy atom. The van der Waals surface area contributed by atoms with Crippen molar-refractivity contribution in [1.82, 2.24) is 29.9 Å². The van der Waals surface area contributed by atoms with Crippen molar-refractivity contribution in [2.45, 2.75) is 64.8 Å². The van der Waals surface area contributed by atoms with E-state index >= 15 is 0 Å². The number of benzene rings is 1. The van der Waals surface area contributed by atoms with Crippen LogP contribution in [0.15, 0.2) is 43.0 Å². The van der Waals surface area contributed by atoms with Gasteiger partial charge in [0.05, 0.1) is 22.3 Å². The Balaban J connectivity index is 1.41. The van der Waals surface area contributed by atoms with Gasteiger partial charge in [0, 0.05) is 35.9 Å². The van der Waals surface area contributed by atoms with Crippen LogP contribution in [0.1, 0.15) is 74.0 Å². The van der Waals surface area contributed by atoms with E-state index in [0.29, 0.717) is 17.5 Å². The van der Waals surface area contributed by atoms with Gasteiger partial charge >= 0.3 is 0 Å². The number of hydrogen-bond acceptors (Lipinski definition) is 7. The van der Waals surface area contributed by atoms with E-state index in [1.807, 2.05) is 25.3 Å². The minimum atomic E-state index is -0.0330.